The Hall–Kier alpha value is -2.63. The van der Waals surface area contributed by atoms with E-state index >= 15 is 0 Å². The summed E-state index contributed by atoms with van der Waals surface area (Å²) < 4.78 is 7.05. The summed E-state index contributed by atoms with van der Waals surface area (Å²) in [5.74, 6) is 1.61. The molecule has 0 N–H and O–H groups in total. The van der Waals surface area contributed by atoms with Crippen LogP contribution in [0.2, 0.25) is 0 Å². The van der Waals surface area contributed by atoms with Crippen LogP contribution in [0.15, 0.2) is 36.9 Å². The zero-order valence-electron chi connectivity index (χ0n) is 11.6. The second kappa shape index (κ2) is 4.80. The van der Waals surface area contributed by atoms with Gasteiger partial charge >= 0.3 is 0 Å². The summed E-state index contributed by atoms with van der Waals surface area (Å²) in [4.78, 5) is 14.9. The van der Waals surface area contributed by atoms with Crippen molar-refractivity contribution in [3.63, 3.8) is 0 Å². The number of hydrogen-bond acceptors (Lipinski definition) is 5. The van der Waals surface area contributed by atoms with E-state index in [4.69, 9.17) is 4.74 Å². The van der Waals surface area contributed by atoms with E-state index in [1.807, 2.05) is 47.8 Å². The molecule has 0 unspecified atom stereocenters. The summed E-state index contributed by atoms with van der Waals surface area (Å²) in [5.41, 5.74) is 2.61. The van der Waals surface area contributed by atoms with Gasteiger partial charge in [0.05, 0.1) is 13.4 Å². The maximum atomic E-state index is 5.17. The highest BCUT2D eigenvalue weighted by molar-refractivity contribution is 5.85. The Labute approximate surface area is 116 Å². The Balaban J connectivity index is 2.05. The summed E-state index contributed by atoms with van der Waals surface area (Å²) in [6, 6.07) is 7.80. The minimum atomic E-state index is 0.778. The monoisotopic (exact) mass is 269 g/mol. The number of hydrogen-bond donors (Lipinski definition) is 0. The molecule has 0 saturated carbocycles. The van der Waals surface area contributed by atoms with Gasteiger partial charge in [-0.15, -0.1) is 0 Å². The first kappa shape index (κ1) is 12.4. The van der Waals surface area contributed by atoms with Crippen LogP contribution in [0, 0.1) is 0 Å². The summed E-state index contributed by atoms with van der Waals surface area (Å²) in [5, 5.41) is 0. The lowest BCUT2D eigenvalue weighted by atomic mass is 10.2. The number of rotatable bonds is 3. The third kappa shape index (κ3) is 1.95. The first-order chi connectivity index (χ1) is 9.70. The third-order valence-electron chi connectivity index (χ3n) is 3.26. The van der Waals surface area contributed by atoms with Gasteiger partial charge in [-0.2, -0.15) is 0 Å². The van der Waals surface area contributed by atoms with Gasteiger partial charge in [-0.3, -0.25) is 0 Å². The minimum Gasteiger partial charge on any atom is -0.497 e. The average molecular weight is 269 g/mol. The molecule has 2 heterocycles. The molecule has 0 bridgehead atoms. The zero-order valence-corrected chi connectivity index (χ0v) is 11.6. The van der Waals surface area contributed by atoms with Gasteiger partial charge in [-0.1, -0.05) is 0 Å². The van der Waals surface area contributed by atoms with E-state index in [1.165, 1.54) is 0 Å². The third-order valence-corrected chi connectivity index (χ3v) is 3.26. The van der Waals surface area contributed by atoms with Crippen LogP contribution in [0.25, 0.3) is 11.2 Å². The van der Waals surface area contributed by atoms with E-state index in [-0.39, 0.29) is 0 Å². The zero-order chi connectivity index (χ0) is 14.1. The Kier molecular flexibility index (Phi) is 2.98. The van der Waals surface area contributed by atoms with Crippen LogP contribution in [0.3, 0.4) is 0 Å². The SMILES string of the molecule is COc1ccc(N(C)c2ncnc3c2ncn3C)cc1. The van der Waals surface area contributed by atoms with E-state index in [9.17, 15) is 0 Å². The van der Waals surface area contributed by atoms with E-state index in [1.54, 1.807) is 19.8 Å². The van der Waals surface area contributed by atoms with Crippen molar-refractivity contribution in [2.24, 2.45) is 7.05 Å². The van der Waals surface area contributed by atoms with Crippen LogP contribution in [0.1, 0.15) is 0 Å². The van der Waals surface area contributed by atoms with Gasteiger partial charge in [0.1, 0.15) is 12.1 Å². The highest BCUT2D eigenvalue weighted by Gasteiger charge is 2.13. The first-order valence-electron chi connectivity index (χ1n) is 6.20. The molecule has 0 aliphatic carbocycles. The van der Waals surface area contributed by atoms with Crippen LogP contribution in [0.4, 0.5) is 11.5 Å². The van der Waals surface area contributed by atoms with Gasteiger partial charge in [-0.25, -0.2) is 15.0 Å². The van der Waals surface area contributed by atoms with Crippen molar-refractivity contribution in [3.05, 3.63) is 36.9 Å². The van der Waals surface area contributed by atoms with E-state index in [0.29, 0.717) is 0 Å². The minimum absolute atomic E-state index is 0.778. The molecule has 102 valence electrons. The molecule has 0 spiro atoms. The summed E-state index contributed by atoms with van der Waals surface area (Å²) in [6.45, 7) is 0. The maximum Gasteiger partial charge on any atom is 0.165 e. The molecule has 6 heteroatoms. The number of imidazole rings is 1. The number of ether oxygens (including phenoxy) is 1. The largest absolute Gasteiger partial charge is 0.497 e. The molecular weight excluding hydrogens is 254 g/mol. The van der Waals surface area contributed by atoms with E-state index in [0.717, 1.165) is 28.4 Å². The number of anilines is 2. The molecule has 0 amide bonds. The molecule has 6 nitrogen and oxygen atoms in total. The molecule has 0 fully saturated rings. The van der Waals surface area contributed by atoms with Crippen LogP contribution < -0.4 is 9.64 Å². The lowest BCUT2D eigenvalue weighted by Crippen LogP contribution is -2.12. The first-order valence-corrected chi connectivity index (χ1v) is 6.20. The molecule has 20 heavy (non-hydrogen) atoms. The second-order valence-corrected chi connectivity index (χ2v) is 4.48. The molecule has 2 aromatic heterocycles. The van der Waals surface area contributed by atoms with Crippen molar-refractivity contribution in [1.29, 1.82) is 0 Å². The average Bonchev–Trinajstić information content (AvgIpc) is 2.88. The van der Waals surface area contributed by atoms with Crippen LogP contribution in [-0.2, 0) is 7.05 Å². The second-order valence-electron chi connectivity index (χ2n) is 4.48. The normalized spacial score (nSPS) is 10.8. The quantitative estimate of drug-likeness (QED) is 0.729. The van der Waals surface area contributed by atoms with Crippen molar-refractivity contribution in [1.82, 2.24) is 19.5 Å². The van der Waals surface area contributed by atoms with Gasteiger partial charge < -0.3 is 14.2 Å². The Bertz CT molecular complexity index is 735. The highest BCUT2D eigenvalue weighted by atomic mass is 16.5. The predicted octanol–water partition coefficient (Wildman–Crippen LogP) is 2.14. The van der Waals surface area contributed by atoms with Crippen LogP contribution in [0.5, 0.6) is 5.75 Å². The van der Waals surface area contributed by atoms with Gasteiger partial charge in [0.2, 0.25) is 0 Å². The summed E-state index contributed by atoms with van der Waals surface area (Å²) in [6.07, 6.45) is 3.30. The number of aryl methyl sites for hydroxylation is 1. The van der Waals surface area contributed by atoms with Crippen molar-refractivity contribution in [3.8, 4) is 5.75 Å². The number of benzene rings is 1. The van der Waals surface area contributed by atoms with Gasteiger partial charge in [0, 0.05) is 19.8 Å². The van der Waals surface area contributed by atoms with Crippen molar-refractivity contribution in [2.45, 2.75) is 0 Å². The number of nitrogens with zero attached hydrogens (tertiary/aromatic N) is 5. The Morgan fingerprint density at radius 3 is 2.55 bits per heavy atom. The highest BCUT2D eigenvalue weighted by Crippen LogP contribution is 2.27. The van der Waals surface area contributed by atoms with Crippen molar-refractivity contribution >= 4 is 22.7 Å². The molecule has 0 radical (unpaired) electrons. The topological polar surface area (TPSA) is 56.1 Å². The van der Waals surface area contributed by atoms with Gasteiger partial charge in [0.25, 0.3) is 0 Å². The maximum absolute atomic E-state index is 5.17. The number of fused-ring (bicyclic) bond motifs is 1. The Morgan fingerprint density at radius 1 is 1.10 bits per heavy atom. The van der Waals surface area contributed by atoms with E-state index in [2.05, 4.69) is 15.0 Å². The van der Waals surface area contributed by atoms with Crippen molar-refractivity contribution in [2.75, 3.05) is 19.1 Å². The molecular formula is C14H15N5O. The fraction of sp³-hybridized carbons (Fsp3) is 0.214. The fourth-order valence-corrected chi connectivity index (χ4v) is 2.11. The molecule has 0 atom stereocenters. The number of methoxy groups -OCH3 is 1. The van der Waals surface area contributed by atoms with Crippen LogP contribution >= 0.6 is 0 Å². The van der Waals surface area contributed by atoms with E-state index < -0.39 is 0 Å². The van der Waals surface area contributed by atoms with Crippen molar-refractivity contribution < 1.29 is 4.74 Å². The lowest BCUT2D eigenvalue weighted by molar-refractivity contribution is 0.415. The fourth-order valence-electron chi connectivity index (χ4n) is 2.11. The number of aromatic nitrogens is 4. The summed E-state index contributed by atoms with van der Waals surface area (Å²) >= 11 is 0. The van der Waals surface area contributed by atoms with Gasteiger partial charge in [0.15, 0.2) is 17.0 Å². The molecule has 0 saturated heterocycles. The van der Waals surface area contributed by atoms with Crippen LogP contribution in [-0.4, -0.2) is 33.7 Å². The molecule has 0 aliphatic heterocycles. The predicted molar refractivity (Wildman–Crippen MR) is 77.4 cm³/mol. The smallest absolute Gasteiger partial charge is 0.165 e. The molecule has 3 rings (SSSR count). The Morgan fingerprint density at radius 2 is 1.85 bits per heavy atom. The summed E-state index contributed by atoms with van der Waals surface area (Å²) in [7, 11) is 5.53. The molecule has 1 aromatic carbocycles. The lowest BCUT2D eigenvalue weighted by Gasteiger charge is -2.18. The standard InChI is InChI=1S/C14H15N5O/c1-18-9-17-12-13(18)15-8-16-14(12)19(2)10-4-6-11(20-3)7-5-10/h4-9H,1-3H3. The molecule has 3 aromatic rings. The molecule has 0 aliphatic rings. The van der Waals surface area contributed by atoms with Gasteiger partial charge in [-0.05, 0) is 24.3 Å².